The zero-order valence-electron chi connectivity index (χ0n) is 16.8. The summed E-state index contributed by atoms with van der Waals surface area (Å²) in [4.78, 5) is 27.6. The predicted molar refractivity (Wildman–Crippen MR) is 107 cm³/mol. The van der Waals surface area contributed by atoms with Gasteiger partial charge in [0.25, 0.3) is 0 Å². The highest BCUT2D eigenvalue weighted by Crippen LogP contribution is 2.28. The highest BCUT2D eigenvalue weighted by Gasteiger charge is 2.21. The van der Waals surface area contributed by atoms with E-state index < -0.39 is 40.4 Å². The Hall–Kier alpha value is -3.95. The number of aromatic nitrogens is 3. The van der Waals surface area contributed by atoms with Crippen LogP contribution in [0, 0.1) is 11.6 Å². The minimum atomic E-state index is -1.39. The van der Waals surface area contributed by atoms with Crippen LogP contribution in [0.3, 0.4) is 0 Å². The molecule has 2 N–H and O–H groups in total. The number of carboxylic acid groups (broad SMARTS) is 1. The molecule has 0 unspecified atom stereocenters. The molecule has 3 aromatic rings. The van der Waals surface area contributed by atoms with Crippen LogP contribution in [0.25, 0.3) is 11.3 Å². The summed E-state index contributed by atoms with van der Waals surface area (Å²) < 4.78 is 33.4. The van der Waals surface area contributed by atoms with Crippen LogP contribution in [-0.2, 0) is 4.74 Å². The molecule has 2 aromatic heterocycles. The lowest BCUT2D eigenvalue weighted by molar-refractivity contribution is 0.00627. The number of esters is 1. The van der Waals surface area contributed by atoms with Crippen molar-refractivity contribution in [3.63, 3.8) is 0 Å². The van der Waals surface area contributed by atoms with E-state index in [2.05, 4.69) is 20.5 Å². The molecule has 0 saturated heterocycles. The Kier molecular flexibility index (Phi) is 5.91. The standard InChI is InChI=1S/C21H18F2N4O4/c1-21(2,3)31-20(30)14-8-7-11(10-24-14)25-16-9-15(26-27-18(16)19(28)29)17-12(22)5-4-6-13(17)23/h4-10H,1-3H3,(H,25,26)(H,28,29). The monoisotopic (exact) mass is 428 g/mol. The maximum atomic E-state index is 14.1. The van der Waals surface area contributed by atoms with Crippen LogP contribution in [0.1, 0.15) is 41.7 Å². The molecule has 1 aromatic carbocycles. The highest BCUT2D eigenvalue weighted by atomic mass is 19.1. The number of rotatable bonds is 5. The fraction of sp³-hybridized carbons (Fsp3) is 0.190. The third kappa shape index (κ3) is 5.16. The number of aromatic carboxylic acids is 1. The Morgan fingerprint density at radius 3 is 2.29 bits per heavy atom. The van der Waals surface area contributed by atoms with Crippen LogP contribution in [0.4, 0.5) is 20.2 Å². The number of ether oxygens (including phenoxy) is 1. The van der Waals surface area contributed by atoms with E-state index in [0.29, 0.717) is 5.69 Å². The van der Waals surface area contributed by atoms with Crippen molar-refractivity contribution in [3.8, 4) is 11.3 Å². The summed E-state index contributed by atoms with van der Waals surface area (Å²) in [5.41, 5.74) is -1.48. The fourth-order valence-corrected chi connectivity index (χ4v) is 2.58. The highest BCUT2D eigenvalue weighted by molar-refractivity contribution is 5.93. The van der Waals surface area contributed by atoms with Gasteiger partial charge in [0.15, 0.2) is 5.69 Å². The molecule has 0 saturated carbocycles. The lowest BCUT2D eigenvalue weighted by Crippen LogP contribution is -2.24. The number of nitrogens with zero attached hydrogens (tertiary/aromatic N) is 3. The number of hydrogen-bond donors (Lipinski definition) is 2. The molecule has 10 heteroatoms. The molecule has 0 radical (unpaired) electrons. The minimum absolute atomic E-state index is 0.0564. The van der Waals surface area contributed by atoms with Gasteiger partial charge in [-0.15, -0.1) is 10.2 Å². The first kappa shape index (κ1) is 21.8. The SMILES string of the molecule is CC(C)(C)OC(=O)c1ccc(Nc2cc(-c3c(F)cccc3F)nnc2C(=O)O)cn1. The van der Waals surface area contributed by atoms with E-state index in [1.807, 2.05) is 0 Å². The minimum Gasteiger partial charge on any atom is -0.476 e. The van der Waals surface area contributed by atoms with Crippen molar-refractivity contribution in [2.75, 3.05) is 5.32 Å². The smallest absolute Gasteiger partial charge is 0.358 e. The number of pyridine rings is 1. The Labute approximate surface area is 175 Å². The normalized spacial score (nSPS) is 11.1. The summed E-state index contributed by atoms with van der Waals surface area (Å²) >= 11 is 0. The van der Waals surface area contributed by atoms with Gasteiger partial charge in [0.1, 0.15) is 28.6 Å². The lowest BCUT2D eigenvalue weighted by atomic mass is 10.1. The number of carbonyl (C=O) groups excluding carboxylic acids is 1. The molecule has 0 amide bonds. The lowest BCUT2D eigenvalue weighted by Gasteiger charge is -2.19. The van der Waals surface area contributed by atoms with Gasteiger partial charge in [0.05, 0.1) is 23.1 Å². The van der Waals surface area contributed by atoms with Crippen LogP contribution in [-0.4, -0.2) is 37.8 Å². The molecule has 160 valence electrons. The zero-order valence-corrected chi connectivity index (χ0v) is 16.8. The Balaban J connectivity index is 1.93. The zero-order chi connectivity index (χ0) is 22.8. The van der Waals surface area contributed by atoms with Gasteiger partial charge in [-0.25, -0.2) is 23.4 Å². The van der Waals surface area contributed by atoms with Crippen molar-refractivity contribution >= 4 is 23.3 Å². The molecular formula is C21H18F2N4O4. The third-order valence-electron chi connectivity index (χ3n) is 3.87. The van der Waals surface area contributed by atoms with E-state index in [0.717, 1.165) is 12.1 Å². The van der Waals surface area contributed by atoms with Gasteiger partial charge in [0, 0.05) is 0 Å². The first-order valence-electron chi connectivity index (χ1n) is 9.07. The van der Waals surface area contributed by atoms with E-state index in [-0.39, 0.29) is 17.1 Å². The molecular weight excluding hydrogens is 410 g/mol. The average Bonchev–Trinajstić information content (AvgIpc) is 2.67. The van der Waals surface area contributed by atoms with Gasteiger partial charge >= 0.3 is 11.9 Å². The number of benzene rings is 1. The van der Waals surface area contributed by atoms with Crippen molar-refractivity contribution in [1.82, 2.24) is 15.2 Å². The van der Waals surface area contributed by atoms with E-state index in [1.165, 1.54) is 30.5 Å². The molecule has 0 aliphatic heterocycles. The number of carbonyl (C=O) groups is 2. The number of halogens is 2. The van der Waals surface area contributed by atoms with Gasteiger partial charge in [-0.1, -0.05) is 6.07 Å². The van der Waals surface area contributed by atoms with Gasteiger partial charge < -0.3 is 15.2 Å². The molecule has 8 nitrogen and oxygen atoms in total. The molecule has 3 rings (SSSR count). The molecule has 0 atom stereocenters. The van der Waals surface area contributed by atoms with Crippen molar-refractivity contribution in [2.24, 2.45) is 0 Å². The van der Waals surface area contributed by atoms with E-state index >= 15 is 0 Å². The van der Waals surface area contributed by atoms with Crippen LogP contribution in [0.15, 0.2) is 42.6 Å². The van der Waals surface area contributed by atoms with Crippen LogP contribution in [0.2, 0.25) is 0 Å². The van der Waals surface area contributed by atoms with Gasteiger partial charge in [-0.3, -0.25) is 0 Å². The summed E-state index contributed by atoms with van der Waals surface area (Å²) in [7, 11) is 0. The summed E-state index contributed by atoms with van der Waals surface area (Å²) in [6.45, 7) is 5.17. The second kappa shape index (κ2) is 8.42. The van der Waals surface area contributed by atoms with E-state index in [1.54, 1.807) is 20.8 Å². The summed E-state index contributed by atoms with van der Waals surface area (Å²) in [5.74, 6) is -3.75. The van der Waals surface area contributed by atoms with Crippen LogP contribution >= 0.6 is 0 Å². The largest absolute Gasteiger partial charge is 0.476 e. The fourth-order valence-electron chi connectivity index (χ4n) is 2.58. The molecule has 0 spiro atoms. The van der Waals surface area contributed by atoms with E-state index in [9.17, 15) is 23.5 Å². The molecule has 0 fully saturated rings. The second-order valence-electron chi connectivity index (χ2n) is 7.45. The first-order valence-corrected chi connectivity index (χ1v) is 9.07. The first-order chi connectivity index (χ1) is 14.5. The van der Waals surface area contributed by atoms with Crippen molar-refractivity contribution < 1.29 is 28.2 Å². The summed E-state index contributed by atoms with van der Waals surface area (Å²) in [6, 6.07) is 7.34. The van der Waals surface area contributed by atoms with Gasteiger partial charge in [-0.05, 0) is 51.1 Å². The number of hydrogen-bond acceptors (Lipinski definition) is 7. The van der Waals surface area contributed by atoms with Crippen LogP contribution in [0.5, 0.6) is 0 Å². The van der Waals surface area contributed by atoms with E-state index in [4.69, 9.17) is 4.74 Å². The third-order valence-corrected chi connectivity index (χ3v) is 3.87. The number of nitrogens with one attached hydrogen (secondary N) is 1. The second-order valence-corrected chi connectivity index (χ2v) is 7.45. The maximum Gasteiger partial charge on any atom is 0.358 e. The quantitative estimate of drug-likeness (QED) is 0.581. The van der Waals surface area contributed by atoms with Crippen LogP contribution < -0.4 is 5.32 Å². The molecule has 31 heavy (non-hydrogen) atoms. The summed E-state index contributed by atoms with van der Waals surface area (Å²) in [6.07, 6.45) is 1.29. The number of carboxylic acids is 1. The number of anilines is 2. The Morgan fingerprint density at radius 2 is 1.74 bits per heavy atom. The predicted octanol–water partition coefficient (Wildman–Crippen LogP) is 4.21. The molecule has 0 aliphatic carbocycles. The molecule has 2 heterocycles. The topological polar surface area (TPSA) is 114 Å². The van der Waals surface area contributed by atoms with Crippen molar-refractivity contribution in [1.29, 1.82) is 0 Å². The Bertz CT molecular complexity index is 1120. The summed E-state index contributed by atoms with van der Waals surface area (Å²) in [5, 5.41) is 19.4. The van der Waals surface area contributed by atoms with Gasteiger partial charge in [0.2, 0.25) is 0 Å². The van der Waals surface area contributed by atoms with Crippen molar-refractivity contribution in [2.45, 2.75) is 26.4 Å². The maximum absolute atomic E-state index is 14.1. The molecule has 0 aliphatic rings. The van der Waals surface area contributed by atoms with Gasteiger partial charge in [-0.2, -0.15) is 0 Å². The van der Waals surface area contributed by atoms with Crippen molar-refractivity contribution in [3.05, 3.63) is 65.6 Å². The Morgan fingerprint density at radius 1 is 1.06 bits per heavy atom. The molecule has 0 bridgehead atoms. The average molecular weight is 428 g/mol.